The zero-order valence-corrected chi connectivity index (χ0v) is 10.7. The summed E-state index contributed by atoms with van der Waals surface area (Å²) in [7, 11) is 0. The number of aromatic carboxylic acids is 1. The number of aryl methyl sites for hydroxylation is 2. The van der Waals surface area contributed by atoms with Crippen molar-refractivity contribution >= 4 is 5.97 Å². The van der Waals surface area contributed by atoms with Gasteiger partial charge in [0, 0.05) is 6.42 Å². The maximum Gasteiger partial charge on any atom is 0.335 e. The number of rotatable bonds is 5. The summed E-state index contributed by atoms with van der Waals surface area (Å²) >= 11 is 0. The van der Waals surface area contributed by atoms with Gasteiger partial charge in [0.05, 0.1) is 5.56 Å². The van der Waals surface area contributed by atoms with Crippen molar-refractivity contribution in [2.45, 2.75) is 26.9 Å². The van der Waals surface area contributed by atoms with Gasteiger partial charge in [-0.15, -0.1) is 0 Å². The number of aromatic nitrogens is 2. The topological polar surface area (TPSA) is 85.5 Å². The van der Waals surface area contributed by atoms with Crippen LogP contribution in [0.25, 0.3) is 0 Å². The van der Waals surface area contributed by atoms with Gasteiger partial charge in [0.2, 0.25) is 0 Å². The highest BCUT2D eigenvalue weighted by Crippen LogP contribution is 2.20. The van der Waals surface area contributed by atoms with Crippen LogP contribution in [0.4, 0.5) is 0 Å². The first-order chi connectivity index (χ1) is 9.10. The number of benzene rings is 1. The molecule has 2 aromatic rings. The van der Waals surface area contributed by atoms with E-state index < -0.39 is 5.97 Å². The van der Waals surface area contributed by atoms with Crippen molar-refractivity contribution in [3.8, 4) is 5.75 Å². The lowest BCUT2D eigenvalue weighted by atomic mass is 10.1. The van der Waals surface area contributed by atoms with Crippen LogP contribution in [0.2, 0.25) is 0 Å². The van der Waals surface area contributed by atoms with Gasteiger partial charge in [-0.2, -0.15) is 4.98 Å². The number of carboxylic acids is 1. The fourth-order valence-corrected chi connectivity index (χ4v) is 1.52. The van der Waals surface area contributed by atoms with E-state index >= 15 is 0 Å². The lowest BCUT2D eigenvalue weighted by Crippen LogP contribution is -2.01. The Labute approximate surface area is 110 Å². The van der Waals surface area contributed by atoms with Gasteiger partial charge in [0.15, 0.2) is 12.4 Å². The van der Waals surface area contributed by atoms with E-state index in [0.29, 0.717) is 23.9 Å². The first kappa shape index (κ1) is 13.1. The predicted octanol–water partition coefficient (Wildman–Crippen LogP) is 2.22. The van der Waals surface area contributed by atoms with Crippen LogP contribution in [-0.2, 0) is 13.0 Å². The summed E-state index contributed by atoms with van der Waals surface area (Å²) in [6, 6.07) is 4.71. The number of hydrogen-bond acceptors (Lipinski definition) is 5. The first-order valence-corrected chi connectivity index (χ1v) is 5.88. The smallest absolute Gasteiger partial charge is 0.335 e. The van der Waals surface area contributed by atoms with Crippen molar-refractivity contribution in [3.63, 3.8) is 0 Å². The SMILES string of the molecule is CCc1noc(COc2cc(C(=O)O)ccc2C)n1. The molecule has 0 fully saturated rings. The van der Waals surface area contributed by atoms with Gasteiger partial charge in [-0.05, 0) is 24.6 Å². The second-order valence-corrected chi connectivity index (χ2v) is 4.03. The number of nitrogens with zero attached hydrogens (tertiary/aromatic N) is 2. The van der Waals surface area contributed by atoms with E-state index in [2.05, 4.69) is 10.1 Å². The van der Waals surface area contributed by atoms with Crippen molar-refractivity contribution in [1.82, 2.24) is 10.1 Å². The maximum atomic E-state index is 10.9. The first-order valence-electron chi connectivity index (χ1n) is 5.88. The van der Waals surface area contributed by atoms with Crippen LogP contribution in [0.3, 0.4) is 0 Å². The van der Waals surface area contributed by atoms with E-state index in [4.69, 9.17) is 14.4 Å². The summed E-state index contributed by atoms with van der Waals surface area (Å²) in [5, 5.41) is 12.7. The molecule has 2 rings (SSSR count). The van der Waals surface area contributed by atoms with E-state index in [-0.39, 0.29) is 12.2 Å². The number of ether oxygens (including phenoxy) is 1. The van der Waals surface area contributed by atoms with E-state index in [1.165, 1.54) is 12.1 Å². The molecule has 1 heterocycles. The second kappa shape index (κ2) is 5.51. The Bertz CT molecular complexity index is 592. The Hall–Kier alpha value is -2.37. The molecular weight excluding hydrogens is 248 g/mol. The van der Waals surface area contributed by atoms with Crippen molar-refractivity contribution in [3.05, 3.63) is 41.0 Å². The molecule has 1 aromatic heterocycles. The Morgan fingerprint density at radius 1 is 1.47 bits per heavy atom. The molecule has 0 unspecified atom stereocenters. The average molecular weight is 262 g/mol. The molecule has 6 nitrogen and oxygen atoms in total. The van der Waals surface area contributed by atoms with Crippen LogP contribution in [0.5, 0.6) is 5.75 Å². The zero-order valence-electron chi connectivity index (χ0n) is 10.7. The minimum absolute atomic E-state index is 0.122. The van der Waals surface area contributed by atoms with Crippen LogP contribution < -0.4 is 4.74 Å². The third-order valence-electron chi connectivity index (χ3n) is 2.61. The van der Waals surface area contributed by atoms with Crippen LogP contribution in [-0.4, -0.2) is 21.2 Å². The number of carboxylic acid groups (broad SMARTS) is 1. The van der Waals surface area contributed by atoms with Gasteiger partial charge in [-0.1, -0.05) is 18.1 Å². The molecule has 19 heavy (non-hydrogen) atoms. The van der Waals surface area contributed by atoms with Crippen molar-refractivity contribution in [2.75, 3.05) is 0 Å². The van der Waals surface area contributed by atoms with E-state index in [1.807, 2.05) is 13.8 Å². The second-order valence-electron chi connectivity index (χ2n) is 4.03. The normalized spacial score (nSPS) is 10.4. The van der Waals surface area contributed by atoms with Crippen molar-refractivity contribution in [2.24, 2.45) is 0 Å². The molecule has 1 aromatic carbocycles. The summed E-state index contributed by atoms with van der Waals surface area (Å²) in [6.07, 6.45) is 0.691. The quantitative estimate of drug-likeness (QED) is 0.889. The van der Waals surface area contributed by atoms with E-state index in [1.54, 1.807) is 6.07 Å². The molecule has 0 saturated heterocycles. The monoisotopic (exact) mass is 262 g/mol. The molecule has 1 N–H and O–H groups in total. The van der Waals surface area contributed by atoms with Crippen LogP contribution >= 0.6 is 0 Å². The number of carbonyl (C=O) groups is 1. The molecule has 0 radical (unpaired) electrons. The van der Waals surface area contributed by atoms with Crippen LogP contribution in [0.1, 0.15) is 34.6 Å². The third-order valence-corrected chi connectivity index (χ3v) is 2.61. The van der Waals surface area contributed by atoms with Gasteiger partial charge in [-0.3, -0.25) is 0 Å². The minimum Gasteiger partial charge on any atom is -0.483 e. The van der Waals surface area contributed by atoms with Crippen LogP contribution in [0.15, 0.2) is 22.7 Å². The van der Waals surface area contributed by atoms with Gasteiger partial charge in [0.1, 0.15) is 5.75 Å². The summed E-state index contributed by atoms with van der Waals surface area (Å²) in [5.74, 6) is 0.499. The van der Waals surface area contributed by atoms with Gasteiger partial charge in [-0.25, -0.2) is 4.79 Å². The molecule has 100 valence electrons. The Kier molecular flexibility index (Phi) is 3.79. The summed E-state index contributed by atoms with van der Waals surface area (Å²) in [4.78, 5) is 15.0. The minimum atomic E-state index is -0.990. The summed E-state index contributed by atoms with van der Waals surface area (Å²) < 4.78 is 10.5. The van der Waals surface area contributed by atoms with Crippen LogP contribution in [0, 0.1) is 6.92 Å². The molecule has 0 spiro atoms. The highest BCUT2D eigenvalue weighted by molar-refractivity contribution is 5.88. The molecule has 0 aliphatic heterocycles. The van der Waals surface area contributed by atoms with Gasteiger partial charge < -0.3 is 14.4 Å². The third kappa shape index (κ3) is 3.09. The highest BCUT2D eigenvalue weighted by Gasteiger charge is 2.09. The van der Waals surface area contributed by atoms with Gasteiger partial charge in [0.25, 0.3) is 5.89 Å². The average Bonchev–Trinajstić information content (AvgIpc) is 2.85. The maximum absolute atomic E-state index is 10.9. The van der Waals surface area contributed by atoms with Crippen molar-refractivity contribution < 1.29 is 19.2 Å². The molecular formula is C13H14N2O4. The molecule has 0 aliphatic carbocycles. The molecule has 0 bridgehead atoms. The predicted molar refractivity (Wildman–Crippen MR) is 66.1 cm³/mol. The number of hydrogen-bond donors (Lipinski definition) is 1. The Balaban J connectivity index is 2.10. The molecule has 0 atom stereocenters. The Morgan fingerprint density at radius 2 is 2.26 bits per heavy atom. The lowest BCUT2D eigenvalue weighted by Gasteiger charge is -2.07. The molecule has 0 saturated carbocycles. The van der Waals surface area contributed by atoms with E-state index in [0.717, 1.165) is 5.56 Å². The Morgan fingerprint density at radius 3 is 2.89 bits per heavy atom. The highest BCUT2D eigenvalue weighted by atomic mass is 16.5. The summed E-state index contributed by atoms with van der Waals surface area (Å²) in [5.41, 5.74) is 1.03. The largest absolute Gasteiger partial charge is 0.483 e. The summed E-state index contributed by atoms with van der Waals surface area (Å²) in [6.45, 7) is 3.89. The molecule has 0 aliphatic rings. The molecule has 6 heteroatoms. The van der Waals surface area contributed by atoms with Crippen molar-refractivity contribution in [1.29, 1.82) is 0 Å². The standard InChI is InChI=1S/C13H14N2O4/c1-3-11-14-12(19-15-11)7-18-10-6-9(13(16)17)5-4-8(10)2/h4-6H,3,7H2,1-2H3,(H,16,17). The lowest BCUT2D eigenvalue weighted by molar-refractivity contribution is 0.0696. The molecule has 0 amide bonds. The van der Waals surface area contributed by atoms with E-state index in [9.17, 15) is 4.79 Å². The zero-order chi connectivity index (χ0) is 13.8. The fourth-order valence-electron chi connectivity index (χ4n) is 1.52. The fraction of sp³-hybridized carbons (Fsp3) is 0.308. The van der Waals surface area contributed by atoms with Gasteiger partial charge >= 0.3 is 5.97 Å².